The number of rotatable bonds is 36. The zero-order valence-corrected chi connectivity index (χ0v) is 72.2. The number of aromatic nitrogens is 1. The molecule has 672 valence electrons. The van der Waals surface area contributed by atoms with Gasteiger partial charge in [-0.1, -0.05) is 111 Å². The van der Waals surface area contributed by atoms with Crippen molar-refractivity contribution in [3.8, 4) is 0 Å². The molecule has 15 atom stereocenters. The van der Waals surface area contributed by atoms with Crippen LogP contribution in [0.1, 0.15) is 117 Å². The second-order valence-electron chi connectivity index (χ2n) is 31.7. The Morgan fingerprint density at radius 2 is 1.33 bits per heavy atom. The molecule has 22 N–H and O–H groups in total. The number of ether oxygens (including phenoxy) is 1. The minimum absolute atomic E-state index is 0.0139. The number of aliphatic hydroxyl groups is 1. The largest absolute Gasteiger partial charge is 0.748 e. The van der Waals surface area contributed by atoms with Gasteiger partial charge >= 0.3 is 11.9 Å². The number of carbonyl (C=O) groups is 17. The Hall–Kier alpha value is -12.2. The summed E-state index contributed by atoms with van der Waals surface area (Å²) in [5.41, 5.74) is 17.5. The van der Waals surface area contributed by atoms with Gasteiger partial charge in [-0.25, -0.2) is 8.42 Å². The van der Waals surface area contributed by atoms with Gasteiger partial charge in [0.05, 0.1) is 34.9 Å². The van der Waals surface area contributed by atoms with E-state index in [1.165, 1.54) is 18.0 Å². The van der Waals surface area contributed by atoms with E-state index in [0.29, 0.717) is 50.2 Å². The zero-order valence-electron chi connectivity index (χ0n) is 69.8. The van der Waals surface area contributed by atoms with Crippen LogP contribution in [0.5, 0.6) is 0 Å². The summed E-state index contributed by atoms with van der Waals surface area (Å²) in [6.07, 6.45) is -5.05. The molecule has 0 radical (unpaired) electrons. The molecule has 3 aromatic carbocycles. The van der Waals surface area contributed by atoms with Crippen molar-refractivity contribution in [2.24, 2.45) is 28.5 Å². The number of aromatic amines is 1. The maximum absolute atomic E-state index is 15.4. The Labute approximate surface area is 718 Å². The van der Waals surface area contributed by atoms with Crippen molar-refractivity contribution < 1.29 is 110 Å². The molecule has 2 aliphatic rings. The monoisotopic (exact) mass is 1800 g/mol. The summed E-state index contributed by atoms with van der Waals surface area (Å²) in [4.78, 5) is 247. The van der Waals surface area contributed by atoms with E-state index >= 15 is 24.0 Å². The third-order valence-electron chi connectivity index (χ3n) is 20.4. The lowest BCUT2D eigenvalue weighted by Gasteiger charge is -2.35. The second-order valence-corrected chi connectivity index (χ2v) is 34.0. The maximum atomic E-state index is 15.4. The summed E-state index contributed by atoms with van der Waals surface area (Å²) in [6, 6.07) is -0.815. The first-order valence-corrected chi connectivity index (χ1v) is 41.9. The summed E-state index contributed by atoms with van der Waals surface area (Å²) in [5, 5.41) is 47.0. The number of carbonyl (C=O) groups excluding carboxylic acids is 17. The summed E-state index contributed by atoms with van der Waals surface area (Å²) < 4.78 is 45.3. The lowest BCUT2D eigenvalue weighted by molar-refractivity contribution is -0.158. The van der Waals surface area contributed by atoms with Gasteiger partial charge < -0.3 is 104 Å². The van der Waals surface area contributed by atoms with E-state index in [4.69, 9.17) is 27.3 Å². The number of benzene rings is 3. The molecule has 2 fully saturated rings. The van der Waals surface area contributed by atoms with E-state index in [0.717, 1.165) is 32.4 Å². The first-order chi connectivity index (χ1) is 57.7. The highest BCUT2D eigenvalue weighted by Gasteiger charge is 2.45. The van der Waals surface area contributed by atoms with Crippen molar-refractivity contribution in [3.63, 3.8) is 0 Å². The Morgan fingerprint density at radius 3 is 1.94 bits per heavy atom. The third-order valence-corrected chi connectivity index (χ3v) is 21.7. The average Bonchev–Trinajstić information content (AvgIpc) is 1.78. The third kappa shape index (κ3) is 30.1. The van der Waals surface area contributed by atoms with Gasteiger partial charge in [0.25, 0.3) is 0 Å². The molecule has 4 aromatic rings. The van der Waals surface area contributed by atoms with Crippen molar-refractivity contribution in [3.05, 3.63) is 106 Å². The molecule has 0 spiro atoms. The van der Waals surface area contributed by atoms with Gasteiger partial charge in [-0.2, -0.15) is 0 Å². The van der Waals surface area contributed by atoms with Gasteiger partial charge in [-0.15, -0.1) is 0 Å². The number of primary amides is 2. The highest BCUT2D eigenvalue weighted by Crippen LogP contribution is 2.26. The van der Waals surface area contributed by atoms with Crippen LogP contribution >= 0.6 is 15.9 Å². The van der Waals surface area contributed by atoms with E-state index in [1.54, 1.807) is 113 Å². The van der Waals surface area contributed by atoms with Gasteiger partial charge in [-0.3, -0.25) is 98.0 Å². The topological polar surface area (TPSA) is 650 Å². The fraction of sp³-hybridized carbons (Fsp3) is 0.519. The molecule has 3 heterocycles. The second kappa shape index (κ2) is 45.6. The summed E-state index contributed by atoms with van der Waals surface area (Å²) in [5.74, 6) is -20.9. The van der Waals surface area contributed by atoms with Crippen molar-refractivity contribution in [1.29, 1.82) is 0 Å². The van der Waals surface area contributed by atoms with Crippen LogP contribution in [0.2, 0.25) is 0 Å². The number of H-pyrrole nitrogens is 1. The molecule has 44 heteroatoms. The smallest absolute Gasteiger partial charge is 0.338 e. The standard InChI is InChI=1S/C79H111BrN20O22S/c1-40(2)61(94-71(112)57-23-17-31-100(57)76(117)53(91-65(106)41(3)87-39-101)33-45-24-26-47(80)27-25-45)72(113)97-64(79(6,7)8)74(115)90-52(34-46-36-86-49-21-15-14-20-48(46)49)67(108)88-50(22-16-30-85-78(83)84)66(107)93-55(38-123(119,120)121)69(110)96-63-43(5)122-60(105)37-98(9)75(116)54(35-59(82)104)92-73(114)62(42(4)102)95-68(109)51(32-44-18-12-11-13-19-44)89-70(111)56(28-29-58(81)103)99(10)77(63)118/h11-15,18-21,24-27,36,39-43,50-57,61-64,86,102H,16-17,22-23,28-35,37-38H2,1-10H3,(H2,81,103)(H2,82,104)(H,87,101)(H,88,108)(H,89,111)(H,90,115)(H,91,106)(H,92,114)(H,93,107)(H,94,112)(H,95,109)(H,96,110)(H,97,113)(H4,83,84,85)(H,119,120,121)/t41-,42-,43-,50+,51-,52-,53+,54+,55-,56+,57+,61-,62+,63+,64-/m1/s1. The average molecular weight is 1800 g/mol. The summed E-state index contributed by atoms with van der Waals surface area (Å²) >= 11 is 3.39. The number of halogens is 1. The van der Waals surface area contributed by atoms with Gasteiger partial charge in [0.1, 0.15) is 91.2 Å². The number of nitrogens with one attached hydrogen (secondary N) is 13. The number of hydrogen-bond donors (Lipinski definition) is 18. The van der Waals surface area contributed by atoms with Crippen LogP contribution in [0.15, 0.2) is 89.5 Å². The molecule has 0 aliphatic carbocycles. The minimum atomic E-state index is -5.69. The highest BCUT2D eigenvalue weighted by atomic mass is 79.9. The Balaban J connectivity index is 1.36. The predicted molar refractivity (Wildman–Crippen MR) is 444 cm³/mol. The molecule has 42 nitrogen and oxygen atoms in total. The summed E-state index contributed by atoms with van der Waals surface area (Å²) in [7, 11) is -3.73. The normalized spacial score (nSPS) is 20.4. The minimum Gasteiger partial charge on any atom is -0.748 e. The Kier molecular flexibility index (Phi) is 37.0. The van der Waals surface area contributed by atoms with Crippen LogP contribution in [0.4, 0.5) is 0 Å². The molecular weight excluding hydrogens is 1690 g/mol. The van der Waals surface area contributed by atoms with Gasteiger partial charge in [0.15, 0.2) is 0 Å². The number of fused-ring (bicyclic) bond motifs is 1. The number of nitrogens with two attached hydrogens (primary N) is 4. The fourth-order valence-corrected chi connectivity index (χ4v) is 14.6. The lowest BCUT2D eigenvalue weighted by atomic mass is 9.85. The van der Waals surface area contributed by atoms with Crippen molar-refractivity contribution in [2.45, 2.75) is 210 Å². The van der Waals surface area contributed by atoms with E-state index in [1.807, 2.05) is 0 Å². The van der Waals surface area contributed by atoms with E-state index < -0.39 is 245 Å². The molecule has 0 bridgehead atoms. The van der Waals surface area contributed by atoms with Crippen molar-refractivity contribution >= 4 is 144 Å². The number of guanidine groups is 1. The first-order valence-electron chi connectivity index (χ1n) is 39.6. The van der Waals surface area contributed by atoms with E-state index in [-0.39, 0.29) is 51.2 Å². The number of cyclic esters (lactones) is 1. The van der Waals surface area contributed by atoms with Crippen LogP contribution < -0.4 is 86.4 Å². The fourth-order valence-electron chi connectivity index (χ4n) is 13.7. The lowest BCUT2D eigenvalue weighted by Crippen LogP contribution is -2.64. The van der Waals surface area contributed by atoms with Crippen LogP contribution in [0, 0.1) is 11.3 Å². The van der Waals surface area contributed by atoms with Gasteiger partial charge in [-0.05, 0) is 99.1 Å². The van der Waals surface area contributed by atoms with Gasteiger partial charge in [0.2, 0.25) is 95.0 Å². The number of likely N-dealkylation sites (tertiary alicyclic amines) is 1. The highest BCUT2D eigenvalue weighted by molar-refractivity contribution is 9.10. The Bertz CT molecular complexity index is 4650. The van der Waals surface area contributed by atoms with Crippen LogP contribution in [-0.2, 0) is 116 Å². The molecular formula is C79H111BrN20O22S. The molecule has 6 rings (SSSR count). The van der Waals surface area contributed by atoms with Crippen molar-refractivity contribution in [2.75, 3.05) is 39.5 Å². The summed E-state index contributed by atoms with van der Waals surface area (Å²) in [6.45, 7) is 10.3. The molecule has 1 aromatic heterocycles. The molecule has 2 saturated heterocycles. The number of likely N-dealkylation sites (N-methyl/N-ethyl adjacent to an activating group) is 2. The zero-order chi connectivity index (χ0) is 91.7. The predicted octanol–water partition coefficient (Wildman–Crippen LogP) is -6.62. The van der Waals surface area contributed by atoms with Crippen LogP contribution in [0.3, 0.4) is 0 Å². The maximum Gasteiger partial charge on any atom is 0.338 e. The van der Waals surface area contributed by atoms with E-state index in [2.05, 4.69) is 84.7 Å². The van der Waals surface area contributed by atoms with E-state index in [9.17, 15) is 75.6 Å². The molecule has 16 amide bonds. The van der Waals surface area contributed by atoms with Gasteiger partial charge in [0, 0.05) is 67.9 Å². The number of amides is 16. The number of hydrogen-bond acceptors (Lipinski definition) is 22. The SMILES string of the molecule is CC(C)[C@@H](NC(=O)[C@@H]1CCCN1C(=O)[C@H](Cc1ccc(Br)cc1)NC(=O)[C@@H](C)NC=O)C(=O)N[C@H](C(=O)N[C@H](Cc1c[nH]c2ccccc12)C(=O)N[C@@H](CCCNC(N)=[NH2+])C(=O)N[C@H](CS(=O)(=O)[O-])C(=O)N[C@@H]1C(=O)N(C)[C@@H](CCC(N)=O)C(=O)N[C@H](Cc2ccccc2)C(=O)N[C@@H]([C@@H](C)O)C(=O)N[C@@H](CC(N)=O)C(=O)N(C)CC(=O)O[C@@H]1C)C(C)(C)C. The Morgan fingerprint density at radius 1 is 0.715 bits per heavy atom. The number of nitrogens with zero attached hydrogens (tertiary/aromatic N) is 3. The van der Waals surface area contributed by atoms with Crippen LogP contribution in [-0.4, -0.2) is 275 Å². The number of para-hydroxylation sites is 1. The number of aliphatic hydroxyl groups excluding tert-OH is 1. The quantitative estimate of drug-likeness (QED) is 0.00503. The number of esters is 1. The van der Waals surface area contributed by atoms with Crippen molar-refractivity contribution in [1.82, 2.24) is 83.5 Å². The molecule has 123 heavy (non-hydrogen) atoms. The van der Waals surface area contributed by atoms with Crippen LogP contribution in [0.25, 0.3) is 10.9 Å². The molecule has 2 aliphatic heterocycles. The molecule has 0 unspecified atom stereocenters. The first kappa shape index (κ1) is 99.6. The molecule has 0 saturated carbocycles.